The SMILES string of the molecule is COc1ccc(N2CCC(NC(=O)C=C(C3CC3)C3CC3)CC2)cc1. The first kappa shape index (κ1) is 16.5. The van der Waals surface area contributed by atoms with E-state index in [1.807, 2.05) is 18.2 Å². The van der Waals surface area contributed by atoms with Gasteiger partial charge in [-0.1, -0.05) is 5.57 Å². The fourth-order valence-electron chi connectivity index (χ4n) is 3.87. The zero-order valence-corrected chi connectivity index (χ0v) is 15.0. The van der Waals surface area contributed by atoms with Gasteiger partial charge < -0.3 is 15.0 Å². The fourth-order valence-corrected chi connectivity index (χ4v) is 3.87. The molecular weight excluding hydrogens is 312 g/mol. The van der Waals surface area contributed by atoms with Gasteiger partial charge in [0.2, 0.25) is 5.91 Å². The van der Waals surface area contributed by atoms with Crippen LogP contribution >= 0.6 is 0 Å². The van der Waals surface area contributed by atoms with Gasteiger partial charge in [0.05, 0.1) is 7.11 Å². The van der Waals surface area contributed by atoms with Crippen LogP contribution in [0.3, 0.4) is 0 Å². The first-order chi connectivity index (χ1) is 12.2. The van der Waals surface area contributed by atoms with E-state index in [1.165, 1.54) is 36.9 Å². The molecule has 0 unspecified atom stereocenters. The highest BCUT2D eigenvalue weighted by molar-refractivity contribution is 5.88. The van der Waals surface area contributed by atoms with Gasteiger partial charge in [-0.2, -0.15) is 0 Å². The van der Waals surface area contributed by atoms with Crippen LogP contribution in [0.4, 0.5) is 5.69 Å². The number of piperidine rings is 1. The predicted molar refractivity (Wildman–Crippen MR) is 99.9 cm³/mol. The fraction of sp³-hybridized carbons (Fsp3) is 0.571. The molecule has 2 aliphatic carbocycles. The molecule has 4 rings (SSSR count). The third-order valence-electron chi connectivity index (χ3n) is 5.67. The summed E-state index contributed by atoms with van der Waals surface area (Å²) in [4.78, 5) is 14.8. The molecule has 134 valence electrons. The Morgan fingerprint density at radius 3 is 2.16 bits per heavy atom. The molecule has 1 N–H and O–H groups in total. The van der Waals surface area contributed by atoms with Crippen LogP contribution in [0.15, 0.2) is 35.9 Å². The second-order valence-electron chi connectivity index (χ2n) is 7.66. The largest absolute Gasteiger partial charge is 0.497 e. The highest BCUT2D eigenvalue weighted by Crippen LogP contribution is 2.48. The topological polar surface area (TPSA) is 41.6 Å². The standard InChI is InChI=1S/C21H28N2O2/c1-25-19-8-6-18(7-9-19)23-12-10-17(11-13-23)22-21(24)14-20(15-2-3-15)16-4-5-16/h6-9,14-17H,2-5,10-13H2,1H3,(H,22,24). The number of methoxy groups -OCH3 is 1. The van der Waals surface area contributed by atoms with Gasteiger partial charge in [-0.25, -0.2) is 0 Å². The highest BCUT2D eigenvalue weighted by Gasteiger charge is 2.36. The normalized spacial score (nSPS) is 20.9. The maximum absolute atomic E-state index is 12.4. The molecule has 4 nitrogen and oxygen atoms in total. The molecule has 3 aliphatic rings. The van der Waals surface area contributed by atoms with Crippen molar-refractivity contribution in [2.75, 3.05) is 25.1 Å². The van der Waals surface area contributed by atoms with E-state index in [0.29, 0.717) is 6.04 Å². The number of allylic oxidation sites excluding steroid dienone is 1. The Balaban J connectivity index is 1.28. The molecule has 1 aliphatic heterocycles. The molecule has 1 aromatic carbocycles. The molecule has 4 heteroatoms. The van der Waals surface area contributed by atoms with Crippen molar-refractivity contribution in [2.24, 2.45) is 11.8 Å². The first-order valence-corrected chi connectivity index (χ1v) is 9.64. The van der Waals surface area contributed by atoms with E-state index in [-0.39, 0.29) is 5.91 Å². The molecule has 0 atom stereocenters. The number of nitrogens with zero attached hydrogens (tertiary/aromatic N) is 1. The molecule has 0 spiro atoms. The molecule has 0 bridgehead atoms. The lowest BCUT2D eigenvalue weighted by atomic mass is 10.0. The highest BCUT2D eigenvalue weighted by atomic mass is 16.5. The summed E-state index contributed by atoms with van der Waals surface area (Å²) in [6.07, 6.45) is 9.10. The minimum atomic E-state index is 0.136. The van der Waals surface area contributed by atoms with Gasteiger partial charge >= 0.3 is 0 Å². The lowest BCUT2D eigenvalue weighted by Crippen LogP contribution is -2.44. The zero-order chi connectivity index (χ0) is 17.2. The average Bonchev–Trinajstić information content (AvgIpc) is 3.54. The van der Waals surface area contributed by atoms with Gasteiger partial charge in [-0.3, -0.25) is 4.79 Å². The van der Waals surface area contributed by atoms with E-state index in [9.17, 15) is 4.79 Å². The Morgan fingerprint density at radius 1 is 1.04 bits per heavy atom. The number of ether oxygens (including phenoxy) is 1. The number of carbonyl (C=O) groups excluding carboxylic acids is 1. The number of anilines is 1. The van der Waals surface area contributed by atoms with Crippen molar-refractivity contribution >= 4 is 11.6 Å². The maximum atomic E-state index is 12.4. The lowest BCUT2D eigenvalue weighted by Gasteiger charge is -2.34. The van der Waals surface area contributed by atoms with Crippen LogP contribution in [-0.2, 0) is 4.79 Å². The van der Waals surface area contributed by atoms with Crippen LogP contribution in [-0.4, -0.2) is 32.1 Å². The summed E-state index contributed by atoms with van der Waals surface area (Å²) in [5.41, 5.74) is 2.67. The lowest BCUT2D eigenvalue weighted by molar-refractivity contribution is -0.117. The van der Waals surface area contributed by atoms with Crippen LogP contribution in [0.1, 0.15) is 38.5 Å². The molecular formula is C21H28N2O2. The summed E-state index contributed by atoms with van der Waals surface area (Å²) in [7, 11) is 1.69. The number of nitrogens with one attached hydrogen (secondary N) is 1. The van der Waals surface area contributed by atoms with Gasteiger partial charge in [0.1, 0.15) is 5.75 Å². The summed E-state index contributed by atoms with van der Waals surface area (Å²) in [5, 5.41) is 3.24. The smallest absolute Gasteiger partial charge is 0.244 e. The molecule has 1 aromatic rings. The minimum Gasteiger partial charge on any atom is -0.497 e. The molecule has 0 aromatic heterocycles. The van der Waals surface area contributed by atoms with Crippen molar-refractivity contribution in [1.82, 2.24) is 5.32 Å². The number of amides is 1. The summed E-state index contributed by atoms with van der Waals surface area (Å²) in [6.45, 7) is 1.97. The number of benzene rings is 1. The average molecular weight is 340 g/mol. The van der Waals surface area contributed by atoms with Crippen molar-refractivity contribution < 1.29 is 9.53 Å². The van der Waals surface area contributed by atoms with E-state index in [2.05, 4.69) is 22.3 Å². The van der Waals surface area contributed by atoms with Gasteiger partial charge in [-0.15, -0.1) is 0 Å². The molecule has 0 radical (unpaired) electrons. The van der Waals surface area contributed by atoms with E-state index >= 15 is 0 Å². The molecule has 25 heavy (non-hydrogen) atoms. The van der Waals surface area contributed by atoms with Crippen LogP contribution < -0.4 is 15.0 Å². The summed E-state index contributed by atoms with van der Waals surface area (Å²) in [6, 6.07) is 8.53. The Morgan fingerprint density at radius 2 is 1.64 bits per heavy atom. The Hall–Kier alpha value is -1.97. The van der Waals surface area contributed by atoms with Gasteiger partial charge in [0, 0.05) is 30.9 Å². The van der Waals surface area contributed by atoms with Crippen molar-refractivity contribution in [2.45, 2.75) is 44.6 Å². The number of hydrogen-bond acceptors (Lipinski definition) is 3. The van der Waals surface area contributed by atoms with Crippen LogP contribution in [0.2, 0.25) is 0 Å². The summed E-state index contributed by atoms with van der Waals surface area (Å²) >= 11 is 0. The van der Waals surface area contributed by atoms with E-state index in [1.54, 1.807) is 7.11 Å². The van der Waals surface area contributed by atoms with E-state index in [4.69, 9.17) is 4.74 Å². The quantitative estimate of drug-likeness (QED) is 0.806. The third kappa shape index (κ3) is 4.17. The van der Waals surface area contributed by atoms with Crippen molar-refractivity contribution in [3.63, 3.8) is 0 Å². The Labute approximate surface area is 150 Å². The maximum Gasteiger partial charge on any atom is 0.244 e. The van der Waals surface area contributed by atoms with Crippen LogP contribution in [0.5, 0.6) is 5.75 Å². The number of carbonyl (C=O) groups is 1. The van der Waals surface area contributed by atoms with Crippen LogP contribution in [0.25, 0.3) is 0 Å². The molecule has 3 fully saturated rings. The number of hydrogen-bond donors (Lipinski definition) is 1. The number of rotatable bonds is 6. The van der Waals surface area contributed by atoms with Crippen molar-refractivity contribution in [3.8, 4) is 5.75 Å². The van der Waals surface area contributed by atoms with Crippen molar-refractivity contribution in [1.29, 1.82) is 0 Å². The monoisotopic (exact) mass is 340 g/mol. The van der Waals surface area contributed by atoms with Gasteiger partial charge in [0.15, 0.2) is 0 Å². The second-order valence-corrected chi connectivity index (χ2v) is 7.66. The summed E-state index contributed by atoms with van der Waals surface area (Å²) < 4.78 is 5.22. The predicted octanol–water partition coefficient (Wildman–Crippen LogP) is 3.53. The third-order valence-corrected chi connectivity index (χ3v) is 5.67. The Kier molecular flexibility index (Phi) is 4.69. The van der Waals surface area contributed by atoms with Crippen LogP contribution in [0, 0.1) is 11.8 Å². The summed E-state index contributed by atoms with van der Waals surface area (Å²) in [5.74, 6) is 2.46. The van der Waals surface area contributed by atoms with E-state index in [0.717, 1.165) is 43.5 Å². The van der Waals surface area contributed by atoms with E-state index < -0.39 is 0 Å². The second kappa shape index (κ2) is 7.11. The van der Waals surface area contributed by atoms with Gasteiger partial charge in [-0.05, 0) is 74.6 Å². The molecule has 1 heterocycles. The Bertz CT molecular complexity index is 622. The first-order valence-electron chi connectivity index (χ1n) is 9.64. The zero-order valence-electron chi connectivity index (χ0n) is 15.0. The van der Waals surface area contributed by atoms with Gasteiger partial charge in [0.25, 0.3) is 0 Å². The molecule has 1 saturated heterocycles. The molecule has 1 amide bonds. The minimum absolute atomic E-state index is 0.136. The molecule has 2 saturated carbocycles. The van der Waals surface area contributed by atoms with Crippen molar-refractivity contribution in [3.05, 3.63) is 35.9 Å².